The minimum absolute atomic E-state index is 0.122. The SMILES string of the molecule is CCC(Sc1nc2sc(-c3ccccc3)cc2c(=O)n1C)C(=O)Nc1cc(C)on1. The molecule has 0 fully saturated rings. The van der Waals surface area contributed by atoms with Gasteiger partial charge in [-0.25, -0.2) is 4.98 Å². The number of benzene rings is 1. The first-order chi connectivity index (χ1) is 14.5. The lowest BCUT2D eigenvalue weighted by Gasteiger charge is -2.14. The Morgan fingerprint density at radius 1 is 1.30 bits per heavy atom. The summed E-state index contributed by atoms with van der Waals surface area (Å²) in [6.45, 7) is 3.68. The first kappa shape index (κ1) is 20.4. The van der Waals surface area contributed by atoms with Crippen LogP contribution in [0, 0.1) is 6.92 Å². The first-order valence-corrected chi connectivity index (χ1v) is 11.1. The van der Waals surface area contributed by atoms with E-state index in [2.05, 4.69) is 10.5 Å². The zero-order chi connectivity index (χ0) is 21.3. The summed E-state index contributed by atoms with van der Waals surface area (Å²) in [5.41, 5.74) is 0.925. The van der Waals surface area contributed by atoms with E-state index in [0.29, 0.717) is 33.4 Å². The molecule has 0 saturated heterocycles. The highest BCUT2D eigenvalue weighted by Gasteiger charge is 2.23. The molecule has 0 aliphatic rings. The lowest BCUT2D eigenvalue weighted by Crippen LogP contribution is -2.27. The molecule has 0 aliphatic carbocycles. The van der Waals surface area contributed by atoms with E-state index in [1.54, 1.807) is 20.0 Å². The number of aryl methyl sites for hydroxylation is 1. The predicted molar refractivity (Wildman–Crippen MR) is 120 cm³/mol. The molecule has 4 rings (SSSR count). The summed E-state index contributed by atoms with van der Waals surface area (Å²) in [6, 6.07) is 13.4. The van der Waals surface area contributed by atoms with Gasteiger partial charge in [-0.2, -0.15) is 0 Å². The molecule has 0 spiro atoms. The van der Waals surface area contributed by atoms with Crippen LogP contribution in [0.5, 0.6) is 0 Å². The highest BCUT2D eigenvalue weighted by atomic mass is 32.2. The van der Waals surface area contributed by atoms with Crippen molar-refractivity contribution in [3.63, 3.8) is 0 Å². The highest BCUT2D eigenvalue weighted by Crippen LogP contribution is 2.33. The van der Waals surface area contributed by atoms with E-state index in [1.807, 2.05) is 43.3 Å². The lowest BCUT2D eigenvalue weighted by atomic mass is 10.2. The van der Waals surface area contributed by atoms with E-state index >= 15 is 0 Å². The Morgan fingerprint density at radius 3 is 2.73 bits per heavy atom. The smallest absolute Gasteiger partial charge is 0.262 e. The van der Waals surface area contributed by atoms with Crippen LogP contribution in [0.4, 0.5) is 5.82 Å². The Bertz CT molecular complexity index is 1260. The molecule has 7 nitrogen and oxygen atoms in total. The summed E-state index contributed by atoms with van der Waals surface area (Å²) in [6.07, 6.45) is 0.570. The standard InChI is InChI=1S/C21H20N4O3S2/c1-4-15(18(26)22-17-10-12(2)28-24-17)30-21-23-19-14(20(27)25(21)3)11-16(29-19)13-8-6-5-7-9-13/h5-11,15H,4H2,1-3H3,(H,22,24,26). The Labute approximate surface area is 181 Å². The molecular weight excluding hydrogens is 420 g/mol. The molecule has 1 aromatic carbocycles. The third-order valence-corrected chi connectivity index (χ3v) is 7.07. The second-order valence-corrected chi connectivity index (χ2v) is 8.98. The van der Waals surface area contributed by atoms with Gasteiger partial charge in [0.25, 0.3) is 5.56 Å². The largest absolute Gasteiger partial charge is 0.360 e. The van der Waals surface area contributed by atoms with Crippen molar-refractivity contribution in [2.45, 2.75) is 30.7 Å². The molecule has 30 heavy (non-hydrogen) atoms. The van der Waals surface area contributed by atoms with Crippen LogP contribution < -0.4 is 10.9 Å². The second kappa shape index (κ2) is 8.45. The molecule has 1 atom stereocenters. The zero-order valence-electron chi connectivity index (χ0n) is 16.7. The number of fused-ring (bicyclic) bond motifs is 1. The van der Waals surface area contributed by atoms with Crippen LogP contribution >= 0.6 is 23.1 Å². The number of thiophene rings is 1. The van der Waals surface area contributed by atoms with Gasteiger partial charge in [0.15, 0.2) is 11.0 Å². The molecule has 4 aromatic rings. The average molecular weight is 441 g/mol. The van der Waals surface area contributed by atoms with Gasteiger partial charge in [0.05, 0.1) is 10.6 Å². The minimum atomic E-state index is -0.425. The minimum Gasteiger partial charge on any atom is -0.360 e. The number of hydrogen-bond donors (Lipinski definition) is 1. The maximum absolute atomic E-state index is 12.9. The maximum Gasteiger partial charge on any atom is 0.262 e. The van der Waals surface area contributed by atoms with Gasteiger partial charge < -0.3 is 9.84 Å². The summed E-state index contributed by atoms with van der Waals surface area (Å²) in [4.78, 5) is 32.0. The first-order valence-electron chi connectivity index (χ1n) is 9.43. The Morgan fingerprint density at radius 2 is 2.07 bits per heavy atom. The van der Waals surface area contributed by atoms with Gasteiger partial charge in [0.2, 0.25) is 5.91 Å². The third kappa shape index (κ3) is 4.03. The van der Waals surface area contributed by atoms with Crippen molar-refractivity contribution in [2.75, 3.05) is 5.32 Å². The number of hydrogen-bond acceptors (Lipinski definition) is 7. The fraction of sp³-hybridized carbons (Fsp3) is 0.238. The molecule has 0 aliphatic heterocycles. The van der Waals surface area contributed by atoms with E-state index in [4.69, 9.17) is 9.51 Å². The maximum atomic E-state index is 12.9. The van der Waals surface area contributed by atoms with Crippen LogP contribution in [0.1, 0.15) is 19.1 Å². The van der Waals surface area contributed by atoms with Gasteiger partial charge in [-0.3, -0.25) is 14.2 Å². The van der Waals surface area contributed by atoms with Crippen LogP contribution in [0.15, 0.2) is 56.9 Å². The van der Waals surface area contributed by atoms with Crippen LogP contribution in [0.3, 0.4) is 0 Å². The van der Waals surface area contributed by atoms with Gasteiger partial charge in [-0.15, -0.1) is 11.3 Å². The van der Waals surface area contributed by atoms with Crippen molar-refractivity contribution >= 4 is 45.0 Å². The second-order valence-electron chi connectivity index (χ2n) is 6.78. The van der Waals surface area contributed by atoms with Crippen molar-refractivity contribution in [1.82, 2.24) is 14.7 Å². The van der Waals surface area contributed by atoms with Crippen molar-refractivity contribution < 1.29 is 9.32 Å². The summed E-state index contributed by atoms with van der Waals surface area (Å²) in [7, 11) is 1.68. The van der Waals surface area contributed by atoms with Crippen molar-refractivity contribution in [3.8, 4) is 10.4 Å². The molecule has 3 aromatic heterocycles. The number of aromatic nitrogens is 3. The van der Waals surface area contributed by atoms with E-state index in [0.717, 1.165) is 10.4 Å². The van der Waals surface area contributed by atoms with E-state index in [-0.39, 0.29) is 11.5 Å². The molecule has 1 amide bonds. The number of carbonyl (C=O) groups excluding carboxylic acids is 1. The zero-order valence-corrected chi connectivity index (χ0v) is 18.3. The summed E-state index contributed by atoms with van der Waals surface area (Å²) >= 11 is 2.75. The van der Waals surface area contributed by atoms with Crippen LogP contribution in [0.2, 0.25) is 0 Å². The van der Waals surface area contributed by atoms with E-state index in [1.165, 1.54) is 27.7 Å². The molecule has 0 saturated carbocycles. The van der Waals surface area contributed by atoms with Crippen molar-refractivity contribution in [1.29, 1.82) is 0 Å². The Balaban J connectivity index is 1.63. The molecule has 1 unspecified atom stereocenters. The van der Waals surface area contributed by atoms with Gasteiger partial charge >= 0.3 is 0 Å². The van der Waals surface area contributed by atoms with Crippen molar-refractivity contribution in [2.24, 2.45) is 7.05 Å². The van der Waals surface area contributed by atoms with Crippen LogP contribution in [-0.4, -0.2) is 25.9 Å². The number of thioether (sulfide) groups is 1. The Kier molecular flexibility index (Phi) is 5.74. The topological polar surface area (TPSA) is 90.0 Å². The molecule has 154 valence electrons. The number of amides is 1. The van der Waals surface area contributed by atoms with Gasteiger partial charge in [-0.1, -0.05) is 54.2 Å². The summed E-state index contributed by atoms with van der Waals surface area (Å²) in [5, 5.41) is 7.22. The molecule has 9 heteroatoms. The number of anilines is 1. The summed E-state index contributed by atoms with van der Waals surface area (Å²) in [5.74, 6) is 0.786. The summed E-state index contributed by atoms with van der Waals surface area (Å²) < 4.78 is 6.50. The predicted octanol–water partition coefficient (Wildman–Crippen LogP) is 4.47. The highest BCUT2D eigenvalue weighted by molar-refractivity contribution is 8.00. The fourth-order valence-corrected chi connectivity index (χ4v) is 5.04. The van der Waals surface area contributed by atoms with Crippen LogP contribution in [-0.2, 0) is 11.8 Å². The molecule has 1 N–H and O–H groups in total. The number of nitrogens with zero attached hydrogens (tertiary/aromatic N) is 3. The number of rotatable bonds is 6. The van der Waals surface area contributed by atoms with Gasteiger partial charge in [0.1, 0.15) is 10.6 Å². The van der Waals surface area contributed by atoms with Crippen LogP contribution in [0.25, 0.3) is 20.7 Å². The monoisotopic (exact) mass is 440 g/mol. The number of carbonyl (C=O) groups is 1. The molecule has 0 radical (unpaired) electrons. The molecule has 0 bridgehead atoms. The molecular formula is C21H20N4O3S2. The fourth-order valence-electron chi connectivity index (χ4n) is 2.98. The average Bonchev–Trinajstić information content (AvgIpc) is 3.36. The van der Waals surface area contributed by atoms with Crippen molar-refractivity contribution in [3.05, 3.63) is 58.6 Å². The number of nitrogens with one attached hydrogen (secondary N) is 1. The quantitative estimate of drug-likeness (QED) is 0.351. The third-order valence-electron chi connectivity index (χ3n) is 4.58. The Hall–Kier alpha value is -2.91. The molecule has 3 heterocycles. The normalized spacial score (nSPS) is 12.2. The van der Waals surface area contributed by atoms with E-state index < -0.39 is 5.25 Å². The lowest BCUT2D eigenvalue weighted by molar-refractivity contribution is -0.115. The van der Waals surface area contributed by atoms with Gasteiger partial charge in [-0.05, 0) is 25.0 Å². The van der Waals surface area contributed by atoms with Gasteiger partial charge in [0, 0.05) is 18.0 Å². The van der Waals surface area contributed by atoms with E-state index in [9.17, 15) is 9.59 Å².